The van der Waals surface area contributed by atoms with Crippen molar-refractivity contribution >= 4 is 41.5 Å². The zero-order valence-corrected chi connectivity index (χ0v) is 20.8. The summed E-state index contributed by atoms with van der Waals surface area (Å²) in [5, 5.41) is 18.9. The summed E-state index contributed by atoms with van der Waals surface area (Å²) in [5.74, 6) is 1.92. The van der Waals surface area contributed by atoms with E-state index >= 15 is 0 Å². The van der Waals surface area contributed by atoms with Crippen LogP contribution in [-0.4, -0.2) is 56.3 Å². The van der Waals surface area contributed by atoms with Crippen LogP contribution in [0.4, 0.5) is 5.69 Å². The maximum absolute atomic E-state index is 11.6. The fraction of sp³-hybridized carbons (Fsp3) is 0.636. The molecular formula is C22H38IN5O2. The zero-order chi connectivity index (χ0) is 21.1. The molecule has 2 rings (SSSR count). The molecule has 1 amide bonds. The molecule has 4 N–H and O–H groups in total. The molecule has 0 aliphatic carbocycles. The van der Waals surface area contributed by atoms with E-state index in [1.54, 1.807) is 0 Å². The van der Waals surface area contributed by atoms with Crippen LogP contribution in [0.25, 0.3) is 0 Å². The summed E-state index contributed by atoms with van der Waals surface area (Å²) in [4.78, 5) is 18.4. The van der Waals surface area contributed by atoms with Crippen molar-refractivity contribution in [2.45, 2.75) is 40.2 Å². The summed E-state index contributed by atoms with van der Waals surface area (Å²) < 4.78 is 0. The van der Waals surface area contributed by atoms with Crippen LogP contribution in [0.15, 0.2) is 29.3 Å². The highest BCUT2D eigenvalue weighted by atomic mass is 127. The van der Waals surface area contributed by atoms with Gasteiger partial charge in [-0.3, -0.25) is 4.79 Å². The van der Waals surface area contributed by atoms with Gasteiger partial charge in [-0.2, -0.15) is 0 Å². The molecule has 30 heavy (non-hydrogen) atoms. The maximum atomic E-state index is 11.6. The molecule has 0 aromatic heterocycles. The first-order chi connectivity index (χ1) is 14.0. The number of hydrogen-bond donors (Lipinski definition) is 4. The number of rotatable bonds is 10. The first kappa shape index (κ1) is 26.5. The van der Waals surface area contributed by atoms with Gasteiger partial charge in [0.05, 0.1) is 13.1 Å². The molecule has 0 spiro atoms. The Morgan fingerprint density at radius 1 is 1.27 bits per heavy atom. The van der Waals surface area contributed by atoms with Crippen LogP contribution in [0.3, 0.4) is 0 Å². The number of aliphatic hydroxyl groups excluding tert-OH is 1. The molecule has 0 saturated carbocycles. The Bertz CT molecular complexity index is 651. The monoisotopic (exact) mass is 531 g/mol. The molecule has 1 aromatic rings. The molecular weight excluding hydrogens is 493 g/mol. The van der Waals surface area contributed by atoms with Gasteiger partial charge in [0.1, 0.15) is 0 Å². The van der Waals surface area contributed by atoms with Gasteiger partial charge in [-0.15, -0.1) is 24.0 Å². The Labute approximate surface area is 198 Å². The predicted octanol–water partition coefficient (Wildman–Crippen LogP) is 2.34. The second-order valence-electron chi connectivity index (χ2n) is 8.02. The van der Waals surface area contributed by atoms with E-state index in [1.807, 2.05) is 0 Å². The molecule has 0 bridgehead atoms. The van der Waals surface area contributed by atoms with E-state index in [-0.39, 0.29) is 36.5 Å². The van der Waals surface area contributed by atoms with E-state index in [4.69, 9.17) is 4.99 Å². The number of nitrogens with zero attached hydrogens (tertiary/aromatic N) is 2. The average Bonchev–Trinajstić information content (AvgIpc) is 2.70. The van der Waals surface area contributed by atoms with Crippen LogP contribution in [0, 0.1) is 11.8 Å². The number of piperazine rings is 1. The highest BCUT2D eigenvalue weighted by Crippen LogP contribution is 2.17. The van der Waals surface area contributed by atoms with Crippen LogP contribution in [-0.2, 0) is 11.3 Å². The van der Waals surface area contributed by atoms with E-state index in [0.717, 1.165) is 49.7 Å². The van der Waals surface area contributed by atoms with Crippen LogP contribution >= 0.6 is 24.0 Å². The summed E-state index contributed by atoms with van der Waals surface area (Å²) in [6.07, 6.45) is 1.89. The van der Waals surface area contributed by atoms with Crippen LogP contribution in [0.2, 0.25) is 0 Å². The number of carbonyl (C=O) groups is 1. The van der Waals surface area contributed by atoms with Gasteiger partial charge >= 0.3 is 0 Å². The first-order valence-electron chi connectivity index (χ1n) is 10.8. The fourth-order valence-electron chi connectivity index (χ4n) is 3.58. The zero-order valence-electron chi connectivity index (χ0n) is 18.5. The van der Waals surface area contributed by atoms with Crippen molar-refractivity contribution in [3.05, 3.63) is 29.8 Å². The van der Waals surface area contributed by atoms with Crippen molar-refractivity contribution in [1.29, 1.82) is 0 Å². The van der Waals surface area contributed by atoms with Crippen molar-refractivity contribution in [2.75, 3.05) is 44.2 Å². The summed E-state index contributed by atoms with van der Waals surface area (Å²) in [6, 6.07) is 8.26. The van der Waals surface area contributed by atoms with Gasteiger partial charge in [0.15, 0.2) is 5.96 Å². The van der Waals surface area contributed by atoms with Crippen LogP contribution < -0.4 is 20.9 Å². The van der Waals surface area contributed by atoms with Gasteiger partial charge in [-0.05, 0) is 49.3 Å². The number of nitrogens with one attached hydrogen (secondary N) is 3. The van der Waals surface area contributed by atoms with Gasteiger partial charge in [0.25, 0.3) is 0 Å². The van der Waals surface area contributed by atoms with E-state index in [0.29, 0.717) is 31.5 Å². The molecule has 1 heterocycles. The van der Waals surface area contributed by atoms with Gasteiger partial charge in [-0.25, -0.2) is 4.99 Å². The van der Waals surface area contributed by atoms with Gasteiger partial charge < -0.3 is 26.0 Å². The average molecular weight is 531 g/mol. The van der Waals surface area contributed by atoms with Crippen LogP contribution in [0.1, 0.15) is 39.2 Å². The Morgan fingerprint density at radius 2 is 2.00 bits per heavy atom. The predicted molar refractivity (Wildman–Crippen MR) is 135 cm³/mol. The molecule has 0 radical (unpaired) electrons. The van der Waals surface area contributed by atoms with Crippen molar-refractivity contribution in [1.82, 2.24) is 16.0 Å². The summed E-state index contributed by atoms with van der Waals surface area (Å²) in [7, 11) is 0. The number of anilines is 1. The number of aliphatic hydroxyl groups is 1. The van der Waals surface area contributed by atoms with E-state index in [1.165, 1.54) is 0 Å². The topological polar surface area (TPSA) is 89.0 Å². The molecule has 1 aromatic carbocycles. The molecule has 1 fully saturated rings. The van der Waals surface area contributed by atoms with Gasteiger partial charge in [0.2, 0.25) is 5.91 Å². The molecule has 170 valence electrons. The number of benzene rings is 1. The SMILES string of the molecule is CCNC(=NCc1ccc(N2CCNC(=O)C2)cc1)NCC(CCO)CC(C)C.I. The Kier molecular flexibility index (Phi) is 12.8. The minimum Gasteiger partial charge on any atom is -0.396 e. The molecule has 1 aliphatic heterocycles. The van der Waals surface area contributed by atoms with Crippen LogP contribution in [0.5, 0.6) is 0 Å². The molecule has 1 saturated heterocycles. The van der Waals surface area contributed by atoms with Gasteiger partial charge in [0, 0.05) is 38.5 Å². The second-order valence-corrected chi connectivity index (χ2v) is 8.02. The lowest BCUT2D eigenvalue weighted by Gasteiger charge is -2.28. The number of amides is 1. The quantitative estimate of drug-likeness (QED) is 0.212. The number of carbonyl (C=O) groups excluding carboxylic acids is 1. The molecule has 7 nitrogen and oxygen atoms in total. The van der Waals surface area contributed by atoms with Crippen molar-refractivity contribution in [3.8, 4) is 0 Å². The van der Waals surface area contributed by atoms with Crippen molar-refractivity contribution in [2.24, 2.45) is 16.8 Å². The summed E-state index contributed by atoms with van der Waals surface area (Å²) >= 11 is 0. The summed E-state index contributed by atoms with van der Waals surface area (Å²) in [6.45, 7) is 10.8. The van der Waals surface area contributed by atoms with Crippen molar-refractivity contribution in [3.63, 3.8) is 0 Å². The number of guanidine groups is 1. The normalized spacial score (nSPS) is 15.4. The summed E-state index contributed by atoms with van der Waals surface area (Å²) in [5.41, 5.74) is 2.19. The second kappa shape index (κ2) is 14.5. The number of aliphatic imine (C=N–C) groups is 1. The smallest absolute Gasteiger partial charge is 0.239 e. The number of halogens is 1. The van der Waals surface area contributed by atoms with E-state index in [2.05, 4.69) is 65.9 Å². The lowest BCUT2D eigenvalue weighted by atomic mass is 9.94. The van der Waals surface area contributed by atoms with Gasteiger partial charge in [-0.1, -0.05) is 26.0 Å². The largest absolute Gasteiger partial charge is 0.396 e. The minimum atomic E-state index is 0. The molecule has 8 heteroatoms. The Morgan fingerprint density at radius 3 is 2.60 bits per heavy atom. The lowest BCUT2D eigenvalue weighted by Crippen LogP contribution is -2.47. The third-order valence-electron chi connectivity index (χ3n) is 5.00. The maximum Gasteiger partial charge on any atom is 0.239 e. The molecule has 1 unspecified atom stereocenters. The number of hydrogen-bond acceptors (Lipinski definition) is 4. The fourth-order valence-corrected chi connectivity index (χ4v) is 3.58. The molecule has 1 aliphatic rings. The Hall–Kier alpha value is -1.55. The molecule has 1 atom stereocenters. The highest BCUT2D eigenvalue weighted by molar-refractivity contribution is 14.0. The van der Waals surface area contributed by atoms with Crippen molar-refractivity contribution < 1.29 is 9.90 Å². The highest BCUT2D eigenvalue weighted by Gasteiger charge is 2.16. The van der Waals surface area contributed by atoms with E-state index < -0.39 is 0 Å². The first-order valence-corrected chi connectivity index (χ1v) is 10.8. The Balaban J connectivity index is 0.00000450. The lowest BCUT2D eigenvalue weighted by molar-refractivity contribution is -0.120. The standard InChI is InChI=1S/C22H37N5O2.HI/c1-4-23-22(26-15-19(9-12-28)13-17(2)3)25-14-18-5-7-20(8-6-18)27-11-10-24-21(29)16-27;/h5-8,17,19,28H,4,9-16H2,1-3H3,(H,24,29)(H2,23,25,26);1H. The third-order valence-corrected chi connectivity index (χ3v) is 5.00. The van der Waals surface area contributed by atoms with E-state index in [9.17, 15) is 9.90 Å². The minimum absolute atomic E-state index is 0. The third kappa shape index (κ3) is 9.51.